The van der Waals surface area contributed by atoms with E-state index >= 15 is 0 Å². The monoisotopic (exact) mass is 276 g/mol. The third-order valence-electron chi connectivity index (χ3n) is 4.81. The second-order valence-corrected chi connectivity index (χ2v) is 6.10. The average molecular weight is 276 g/mol. The van der Waals surface area contributed by atoms with Crippen LogP contribution < -0.4 is 15.2 Å². The van der Waals surface area contributed by atoms with Crippen LogP contribution in [0, 0.1) is 11.8 Å². The van der Waals surface area contributed by atoms with Gasteiger partial charge in [0.15, 0.2) is 11.5 Å². The van der Waals surface area contributed by atoms with Crippen molar-refractivity contribution < 1.29 is 9.47 Å². The average Bonchev–Trinajstić information content (AvgIpc) is 2.91. The molecule has 110 valence electrons. The molecule has 0 saturated carbocycles. The van der Waals surface area contributed by atoms with E-state index in [-0.39, 0.29) is 6.04 Å². The van der Waals surface area contributed by atoms with Crippen LogP contribution in [0.2, 0.25) is 0 Å². The van der Waals surface area contributed by atoms with E-state index in [0.717, 1.165) is 36.4 Å². The van der Waals surface area contributed by atoms with E-state index in [1.54, 1.807) is 0 Å². The molecule has 2 heterocycles. The Morgan fingerprint density at radius 2 is 2.05 bits per heavy atom. The van der Waals surface area contributed by atoms with Gasteiger partial charge < -0.3 is 15.2 Å². The number of benzene rings is 1. The minimum Gasteiger partial charge on any atom is -0.454 e. The molecule has 3 unspecified atom stereocenters. The Morgan fingerprint density at radius 1 is 1.25 bits per heavy atom. The quantitative estimate of drug-likeness (QED) is 0.921. The third-order valence-corrected chi connectivity index (χ3v) is 4.81. The van der Waals surface area contributed by atoms with E-state index in [0.29, 0.717) is 13.3 Å². The molecule has 0 amide bonds. The van der Waals surface area contributed by atoms with Crippen molar-refractivity contribution in [3.05, 3.63) is 23.8 Å². The van der Waals surface area contributed by atoms with Crippen LogP contribution in [0.1, 0.15) is 31.9 Å². The summed E-state index contributed by atoms with van der Waals surface area (Å²) in [7, 11) is 0. The van der Waals surface area contributed by atoms with Crippen LogP contribution >= 0.6 is 0 Å². The summed E-state index contributed by atoms with van der Waals surface area (Å²) in [6, 6.07) is 6.48. The maximum Gasteiger partial charge on any atom is 0.231 e. The fourth-order valence-electron chi connectivity index (χ4n) is 3.19. The van der Waals surface area contributed by atoms with Gasteiger partial charge in [-0.05, 0) is 42.5 Å². The van der Waals surface area contributed by atoms with Gasteiger partial charge in [0.25, 0.3) is 0 Å². The highest BCUT2D eigenvalue weighted by molar-refractivity contribution is 5.45. The number of rotatable bonds is 3. The first-order valence-corrected chi connectivity index (χ1v) is 7.52. The SMILES string of the molecule is CC1CCN(C(CN)c2ccc3c(c2)OCO3)CC1C. The van der Waals surface area contributed by atoms with E-state index in [4.69, 9.17) is 15.2 Å². The minimum absolute atomic E-state index is 0.277. The van der Waals surface area contributed by atoms with E-state index in [9.17, 15) is 0 Å². The number of nitrogens with zero attached hydrogens (tertiary/aromatic N) is 1. The Morgan fingerprint density at radius 3 is 2.80 bits per heavy atom. The first-order chi connectivity index (χ1) is 9.69. The van der Waals surface area contributed by atoms with Crippen molar-refractivity contribution >= 4 is 0 Å². The topological polar surface area (TPSA) is 47.7 Å². The fraction of sp³-hybridized carbons (Fsp3) is 0.625. The molecule has 1 aromatic carbocycles. The van der Waals surface area contributed by atoms with Crippen molar-refractivity contribution in [2.75, 3.05) is 26.4 Å². The number of likely N-dealkylation sites (tertiary alicyclic amines) is 1. The Labute approximate surface area is 120 Å². The van der Waals surface area contributed by atoms with Gasteiger partial charge in [-0.1, -0.05) is 19.9 Å². The summed E-state index contributed by atoms with van der Waals surface area (Å²) in [6.07, 6.45) is 1.25. The number of hydrogen-bond acceptors (Lipinski definition) is 4. The highest BCUT2D eigenvalue weighted by atomic mass is 16.7. The third kappa shape index (κ3) is 2.50. The van der Waals surface area contributed by atoms with E-state index in [1.165, 1.54) is 12.0 Å². The highest BCUT2D eigenvalue weighted by Gasteiger charge is 2.28. The van der Waals surface area contributed by atoms with Crippen LogP contribution in [0.4, 0.5) is 0 Å². The molecule has 2 N–H and O–H groups in total. The molecule has 0 spiro atoms. The number of fused-ring (bicyclic) bond motifs is 1. The molecule has 0 radical (unpaired) electrons. The summed E-state index contributed by atoms with van der Waals surface area (Å²) < 4.78 is 10.9. The maximum absolute atomic E-state index is 6.05. The van der Waals surface area contributed by atoms with Crippen LogP contribution in [-0.2, 0) is 0 Å². The van der Waals surface area contributed by atoms with Crippen LogP contribution in [0.25, 0.3) is 0 Å². The lowest BCUT2D eigenvalue weighted by molar-refractivity contribution is 0.0982. The second-order valence-electron chi connectivity index (χ2n) is 6.10. The van der Waals surface area contributed by atoms with Crippen molar-refractivity contribution in [1.29, 1.82) is 0 Å². The first-order valence-electron chi connectivity index (χ1n) is 7.52. The van der Waals surface area contributed by atoms with Gasteiger partial charge >= 0.3 is 0 Å². The van der Waals surface area contributed by atoms with Gasteiger partial charge in [-0.2, -0.15) is 0 Å². The summed E-state index contributed by atoms with van der Waals surface area (Å²) in [5, 5.41) is 0. The van der Waals surface area contributed by atoms with Gasteiger partial charge in [-0.3, -0.25) is 4.90 Å². The molecule has 4 heteroatoms. The molecule has 4 nitrogen and oxygen atoms in total. The number of hydrogen-bond donors (Lipinski definition) is 1. The smallest absolute Gasteiger partial charge is 0.231 e. The molecular formula is C16H24N2O2. The van der Waals surface area contributed by atoms with Gasteiger partial charge in [0.1, 0.15) is 0 Å². The first kappa shape index (κ1) is 13.7. The van der Waals surface area contributed by atoms with Gasteiger partial charge in [0, 0.05) is 19.1 Å². The molecule has 1 fully saturated rings. The lowest BCUT2D eigenvalue weighted by Crippen LogP contribution is -2.43. The van der Waals surface area contributed by atoms with Gasteiger partial charge in [-0.15, -0.1) is 0 Å². The Kier molecular flexibility index (Phi) is 3.85. The Balaban J connectivity index is 1.79. The molecule has 20 heavy (non-hydrogen) atoms. The molecule has 0 bridgehead atoms. The summed E-state index contributed by atoms with van der Waals surface area (Å²) in [4.78, 5) is 2.52. The van der Waals surface area contributed by atoms with Crippen LogP contribution in [-0.4, -0.2) is 31.3 Å². The predicted octanol–water partition coefficient (Wildman–Crippen LogP) is 2.39. The van der Waals surface area contributed by atoms with Crippen molar-refractivity contribution in [3.63, 3.8) is 0 Å². The summed E-state index contributed by atoms with van der Waals surface area (Å²) in [6.45, 7) is 7.90. The minimum atomic E-state index is 0.277. The summed E-state index contributed by atoms with van der Waals surface area (Å²) >= 11 is 0. The number of piperidine rings is 1. The van der Waals surface area contributed by atoms with Crippen molar-refractivity contribution in [3.8, 4) is 11.5 Å². The Hall–Kier alpha value is -1.26. The number of nitrogens with two attached hydrogens (primary N) is 1. The van der Waals surface area contributed by atoms with Crippen LogP contribution in [0.15, 0.2) is 18.2 Å². The van der Waals surface area contributed by atoms with E-state index in [1.807, 2.05) is 6.07 Å². The highest BCUT2D eigenvalue weighted by Crippen LogP contribution is 2.36. The maximum atomic E-state index is 6.05. The van der Waals surface area contributed by atoms with Crippen molar-refractivity contribution in [1.82, 2.24) is 4.90 Å². The summed E-state index contributed by atoms with van der Waals surface area (Å²) in [5.41, 5.74) is 7.28. The molecule has 1 saturated heterocycles. The molecule has 2 aliphatic heterocycles. The predicted molar refractivity (Wildman–Crippen MR) is 78.9 cm³/mol. The fourth-order valence-corrected chi connectivity index (χ4v) is 3.19. The zero-order valence-corrected chi connectivity index (χ0v) is 12.3. The van der Waals surface area contributed by atoms with Gasteiger partial charge in [-0.25, -0.2) is 0 Å². The number of ether oxygens (including phenoxy) is 2. The Bertz CT molecular complexity index is 478. The molecule has 1 aromatic rings. The molecule has 3 atom stereocenters. The van der Waals surface area contributed by atoms with Crippen LogP contribution in [0.5, 0.6) is 11.5 Å². The van der Waals surface area contributed by atoms with Gasteiger partial charge in [0.2, 0.25) is 6.79 Å². The standard InChI is InChI=1S/C16H24N2O2/c1-11-5-6-18(9-12(11)2)14(8-17)13-3-4-15-16(7-13)20-10-19-15/h3-4,7,11-12,14H,5-6,8-10,17H2,1-2H3. The van der Waals surface area contributed by atoms with E-state index in [2.05, 4.69) is 30.9 Å². The lowest BCUT2D eigenvalue weighted by atomic mass is 9.87. The van der Waals surface area contributed by atoms with Gasteiger partial charge in [0.05, 0.1) is 0 Å². The zero-order valence-electron chi connectivity index (χ0n) is 12.3. The van der Waals surface area contributed by atoms with E-state index < -0.39 is 0 Å². The normalized spacial score (nSPS) is 27.6. The molecule has 2 aliphatic rings. The molecular weight excluding hydrogens is 252 g/mol. The lowest BCUT2D eigenvalue weighted by Gasteiger charge is -2.40. The summed E-state index contributed by atoms with van der Waals surface area (Å²) in [5.74, 6) is 3.22. The molecule has 0 aromatic heterocycles. The molecule has 0 aliphatic carbocycles. The van der Waals surface area contributed by atoms with Crippen molar-refractivity contribution in [2.24, 2.45) is 17.6 Å². The second kappa shape index (κ2) is 5.62. The van der Waals surface area contributed by atoms with Crippen molar-refractivity contribution in [2.45, 2.75) is 26.3 Å². The molecule has 3 rings (SSSR count). The largest absolute Gasteiger partial charge is 0.454 e. The van der Waals surface area contributed by atoms with Crippen LogP contribution in [0.3, 0.4) is 0 Å². The zero-order chi connectivity index (χ0) is 14.1.